The van der Waals surface area contributed by atoms with Gasteiger partial charge in [-0.25, -0.2) is 0 Å². The summed E-state index contributed by atoms with van der Waals surface area (Å²) in [7, 11) is 0. The second kappa shape index (κ2) is 3.15. The Hall–Kier alpha value is 0.330. The number of benzene rings is 1. The highest BCUT2D eigenvalue weighted by Crippen LogP contribution is 2.30. The lowest BCUT2D eigenvalue weighted by atomic mass is 10.3. The first-order valence-corrected chi connectivity index (χ1v) is 4.28. The van der Waals surface area contributed by atoms with Crippen LogP contribution in [-0.4, -0.2) is 5.11 Å². The fraction of sp³-hybridized carbons (Fsp3) is 0. The van der Waals surface area contributed by atoms with Crippen molar-refractivity contribution >= 4 is 45.8 Å². The SMILES string of the molecule is Oc1cc(Cl)c(Cl)c(I)c1. The van der Waals surface area contributed by atoms with Gasteiger partial charge in [-0.15, -0.1) is 0 Å². The molecule has 4 heteroatoms. The molecule has 0 saturated heterocycles. The summed E-state index contributed by atoms with van der Waals surface area (Å²) in [5.41, 5.74) is 0. The molecule has 1 aromatic rings. The van der Waals surface area contributed by atoms with Crippen molar-refractivity contribution in [2.45, 2.75) is 0 Å². The van der Waals surface area contributed by atoms with Gasteiger partial charge >= 0.3 is 0 Å². The summed E-state index contributed by atoms with van der Waals surface area (Å²) in [6.07, 6.45) is 0. The van der Waals surface area contributed by atoms with E-state index in [2.05, 4.69) is 0 Å². The van der Waals surface area contributed by atoms with Gasteiger partial charge in [-0.3, -0.25) is 0 Å². The zero-order chi connectivity index (χ0) is 7.72. The zero-order valence-electron chi connectivity index (χ0n) is 4.74. The Kier molecular flexibility index (Phi) is 2.66. The highest BCUT2D eigenvalue weighted by Gasteiger charge is 2.03. The number of halogens is 3. The van der Waals surface area contributed by atoms with E-state index < -0.39 is 0 Å². The molecule has 0 fully saturated rings. The van der Waals surface area contributed by atoms with Gasteiger partial charge in [-0.2, -0.15) is 0 Å². The van der Waals surface area contributed by atoms with Gasteiger partial charge in [-0.1, -0.05) is 23.2 Å². The predicted molar refractivity (Wildman–Crippen MR) is 50.8 cm³/mol. The lowest BCUT2D eigenvalue weighted by molar-refractivity contribution is 0.475. The highest BCUT2D eigenvalue weighted by molar-refractivity contribution is 14.1. The van der Waals surface area contributed by atoms with Crippen LogP contribution in [0.25, 0.3) is 0 Å². The van der Waals surface area contributed by atoms with Crippen molar-refractivity contribution in [2.75, 3.05) is 0 Å². The molecule has 1 nitrogen and oxygen atoms in total. The Morgan fingerprint density at radius 3 is 2.40 bits per heavy atom. The molecule has 0 radical (unpaired) electrons. The van der Waals surface area contributed by atoms with Crippen LogP contribution in [0.3, 0.4) is 0 Å². The summed E-state index contributed by atoms with van der Waals surface area (Å²) in [5.74, 6) is 0.138. The van der Waals surface area contributed by atoms with E-state index in [1.807, 2.05) is 22.6 Å². The number of phenolic OH excluding ortho intramolecular Hbond substituents is 1. The van der Waals surface area contributed by atoms with Gasteiger partial charge < -0.3 is 5.11 Å². The topological polar surface area (TPSA) is 20.2 Å². The van der Waals surface area contributed by atoms with Crippen LogP contribution in [0.2, 0.25) is 10.0 Å². The minimum atomic E-state index is 0.138. The minimum absolute atomic E-state index is 0.138. The van der Waals surface area contributed by atoms with Crippen molar-refractivity contribution in [1.82, 2.24) is 0 Å². The van der Waals surface area contributed by atoms with Crippen LogP contribution in [0.1, 0.15) is 0 Å². The number of hydrogen-bond acceptors (Lipinski definition) is 1. The maximum Gasteiger partial charge on any atom is 0.118 e. The summed E-state index contributed by atoms with van der Waals surface area (Å²) in [6.45, 7) is 0. The average Bonchev–Trinajstić information content (AvgIpc) is 1.82. The maximum absolute atomic E-state index is 8.97. The van der Waals surface area contributed by atoms with E-state index in [1.54, 1.807) is 6.07 Å². The molecule has 1 aromatic carbocycles. The second-order valence-corrected chi connectivity index (χ2v) is 3.67. The first-order valence-electron chi connectivity index (χ1n) is 2.45. The smallest absolute Gasteiger partial charge is 0.118 e. The Morgan fingerprint density at radius 1 is 1.30 bits per heavy atom. The lowest BCUT2D eigenvalue weighted by Crippen LogP contribution is -1.75. The summed E-state index contributed by atoms with van der Waals surface area (Å²) in [4.78, 5) is 0. The van der Waals surface area contributed by atoms with Crippen molar-refractivity contribution in [3.8, 4) is 5.75 Å². The first-order chi connectivity index (χ1) is 4.61. The molecule has 0 bridgehead atoms. The van der Waals surface area contributed by atoms with Crippen molar-refractivity contribution < 1.29 is 5.11 Å². The maximum atomic E-state index is 8.97. The van der Waals surface area contributed by atoms with E-state index in [0.717, 1.165) is 3.57 Å². The third-order valence-corrected chi connectivity index (χ3v) is 2.94. The van der Waals surface area contributed by atoms with E-state index in [9.17, 15) is 0 Å². The molecule has 0 atom stereocenters. The van der Waals surface area contributed by atoms with Crippen LogP contribution in [0.15, 0.2) is 12.1 Å². The molecule has 0 aliphatic rings. The predicted octanol–water partition coefficient (Wildman–Crippen LogP) is 3.30. The minimum Gasteiger partial charge on any atom is -0.508 e. The Labute approximate surface area is 82.1 Å². The van der Waals surface area contributed by atoms with Gasteiger partial charge in [0.25, 0.3) is 0 Å². The molecular weight excluding hydrogens is 286 g/mol. The first kappa shape index (κ1) is 8.43. The standard InChI is InChI=1S/C6H3Cl2IO/c7-4-1-3(10)2-5(9)6(4)8/h1-2,10H. The summed E-state index contributed by atoms with van der Waals surface area (Å²) >= 11 is 13.3. The molecule has 0 heterocycles. The lowest BCUT2D eigenvalue weighted by Gasteiger charge is -1.98. The number of rotatable bonds is 0. The number of hydrogen-bond donors (Lipinski definition) is 1. The zero-order valence-corrected chi connectivity index (χ0v) is 8.41. The van der Waals surface area contributed by atoms with E-state index >= 15 is 0 Å². The van der Waals surface area contributed by atoms with Gasteiger partial charge in [-0.05, 0) is 28.7 Å². The fourth-order valence-corrected chi connectivity index (χ4v) is 1.63. The molecule has 0 aromatic heterocycles. The third kappa shape index (κ3) is 1.68. The normalized spacial score (nSPS) is 9.90. The van der Waals surface area contributed by atoms with Crippen molar-refractivity contribution in [3.63, 3.8) is 0 Å². The van der Waals surface area contributed by atoms with Crippen molar-refractivity contribution in [1.29, 1.82) is 0 Å². The van der Waals surface area contributed by atoms with Crippen LogP contribution in [0.4, 0.5) is 0 Å². The van der Waals surface area contributed by atoms with Crippen LogP contribution in [-0.2, 0) is 0 Å². The number of phenols is 1. The van der Waals surface area contributed by atoms with Crippen molar-refractivity contribution in [2.24, 2.45) is 0 Å². The molecule has 1 N–H and O–H groups in total. The van der Waals surface area contributed by atoms with Crippen LogP contribution < -0.4 is 0 Å². The van der Waals surface area contributed by atoms with E-state index in [-0.39, 0.29) is 5.75 Å². The van der Waals surface area contributed by atoms with Crippen molar-refractivity contribution in [3.05, 3.63) is 25.7 Å². The molecule has 0 unspecified atom stereocenters. The summed E-state index contributed by atoms with van der Waals surface area (Å²) < 4.78 is 0.754. The molecule has 0 aliphatic carbocycles. The Bertz CT molecular complexity index is 239. The molecule has 1 rings (SSSR count). The third-order valence-electron chi connectivity index (χ3n) is 0.969. The molecule has 54 valence electrons. The van der Waals surface area contributed by atoms with Crippen LogP contribution in [0, 0.1) is 3.57 Å². The van der Waals surface area contributed by atoms with E-state index in [0.29, 0.717) is 10.0 Å². The quantitative estimate of drug-likeness (QED) is 0.574. The fourth-order valence-electron chi connectivity index (χ4n) is 0.542. The summed E-state index contributed by atoms with van der Waals surface area (Å²) in [5, 5.41) is 9.84. The van der Waals surface area contributed by atoms with Crippen LogP contribution in [0.5, 0.6) is 5.75 Å². The van der Waals surface area contributed by atoms with Gasteiger partial charge in [0, 0.05) is 9.64 Å². The molecule has 10 heavy (non-hydrogen) atoms. The monoisotopic (exact) mass is 288 g/mol. The Morgan fingerprint density at radius 2 is 1.90 bits per heavy atom. The van der Waals surface area contributed by atoms with Gasteiger partial charge in [0.15, 0.2) is 0 Å². The molecular formula is C6H3Cl2IO. The average molecular weight is 289 g/mol. The largest absolute Gasteiger partial charge is 0.508 e. The Balaban J connectivity index is 3.31. The molecule has 0 amide bonds. The second-order valence-electron chi connectivity index (χ2n) is 1.72. The van der Waals surface area contributed by atoms with Gasteiger partial charge in [0.1, 0.15) is 5.75 Å². The molecule has 0 spiro atoms. The summed E-state index contributed by atoms with van der Waals surface area (Å²) in [6, 6.07) is 2.96. The molecule has 0 saturated carbocycles. The van der Waals surface area contributed by atoms with Gasteiger partial charge in [0.05, 0.1) is 10.0 Å². The van der Waals surface area contributed by atoms with E-state index in [1.165, 1.54) is 6.07 Å². The molecule has 0 aliphatic heterocycles. The number of aromatic hydroxyl groups is 1. The van der Waals surface area contributed by atoms with E-state index in [4.69, 9.17) is 28.3 Å². The van der Waals surface area contributed by atoms with Gasteiger partial charge in [0.2, 0.25) is 0 Å². The highest BCUT2D eigenvalue weighted by atomic mass is 127. The van der Waals surface area contributed by atoms with Crippen LogP contribution >= 0.6 is 45.8 Å².